The van der Waals surface area contributed by atoms with E-state index in [9.17, 15) is 4.39 Å². The van der Waals surface area contributed by atoms with Crippen molar-refractivity contribution in [2.45, 2.75) is 33.7 Å². The van der Waals surface area contributed by atoms with Gasteiger partial charge in [0.05, 0.1) is 6.04 Å². The molecule has 0 aliphatic carbocycles. The molecule has 1 unspecified atom stereocenters. The minimum Gasteiger partial charge on any atom is -0.464 e. The summed E-state index contributed by atoms with van der Waals surface area (Å²) in [6.45, 7) is 8.67. The number of hydrogen-bond donors (Lipinski definition) is 1. The van der Waals surface area contributed by atoms with E-state index in [0.717, 1.165) is 34.8 Å². The molecule has 0 fully saturated rings. The Morgan fingerprint density at radius 1 is 1.16 bits per heavy atom. The van der Waals surface area contributed by atoms with Crippen LogP contribution in [0.1, 0.15) is 41.2 Å². The zero-order valence-corrected chi connectivity index (χ0v) is 11.9. The molecule has 1 heterocycles. The average Bonchev–Trinajstić information content (AvgIpc) is 2.73. The van der Waals surface area contributed by atoms with Crippen LogP contribution in [0.25, 0.3) is 0 Å². The van der Waals surface area contributed by atoms with Crippen molar-refractivity contribution in [2.75, 3.05) is 6.54 Å². The standard InChI is InChI=1S/C16H20FNO/c1-5-18-16(14-7-6-12(4)19-14)15-10(2)8-13(17)9-11(15)3/h6-9,16,18H,5H2,1-4H3. The van der Waals surface area contributed by atoms with Gasteiger partial charge in [0.1, 0.15) is 17.3 Å². The Morgan fingerprint density at radius 2 is 1.79 bits per heavy atom. The summed E-state index contributed by atoms with van der Waals surface area (Å²) < 4.78 is 19.2. The van der Waals surface area contributed by atoms with Crippen LogP contribution in [0.5, 0.6) is 0 Å². The summed E-state index contributed by atoms with van der Waals surface area (Å²) >= 11 is 0. The lowest BCUT2D eigenvalue weighted by Gasteiger charge is -2.21. The maximum absolute atomic E-state index is 13.4. The van der Waals surface area contributed by atoms with Crippen LogP contribution in [-0.2, 0) is 0 Å². The lowest BCUT2D eigenvalue weighted by Crippen LogP contribution is -2.23. The monoisotopic (exact) mass is 261 g/mol. The zero-order chi connectivity index (χ0) is 14.0. The van der Waals surface area contributed by atoms with E-state index in [0.29, 0.717) is 0 Å². The van der Waals surface area contributed by atoms with Crippen LogP contribution in [0.3, 0.4) is 0 Å². The Bertz CT molecular complexity index is 551. The summed E-state index contributed by atoms with van der Waals surface area (Å²) in [7, 11) is 0. The molecule has 1 aromatic carbocycles. The topological polar surface area (TPSA) is 25.2 Å². The molecule has 0 saturated carbocycles. The van der Waals surface area contributed by atoms with Crippen LogP contribution in [0.2, 0.25) is 0 Å². The van der Waals surface area contributed by atoms with Gasteiger partial charge in [0.2, 0.25) is 0 Å². The molecule has 3 heteroatoms. The Hall–Kier alpha value is -1.61. The van der Waals surface area contributed by atoms with E-state index in [1.54, 1.807) is 12.1 Å². The second-order valence-corrected chi connectivity index (χ2v) is 4.89. The SMILES string of the molecule is CCNC(c1ccc(C)o1)c1c(C)cc(F)cc1C. The highest BCUT2D eigenvalue weighted by Crippen LogP contribution is 2.29. The van der Waals surface area contributed by atoms with Crippen LogP contribution in [0.15, 0.2) is 28.7 Å². The fourth-order valence-corrected chi connectivity index (χ4v) is 2.53. The van der Waals surface area contributed by atoms with Crippen molar-refractivity contribution in [3.63, 3.8) is 0 Å². The Morgan fingerprint density at radius 3 is 2.26 bits per heavy atom. The fourth-order valence-electron chi connectivity index (χ4n) is 2.53. The highest BCUT2D eigenvalue weighted by atomic mass is 19.1. The molecule has 1 N–H and O–H groups in total. The van der Waals surface area contributed by atoms with E-state index in [1.165, 1.54) is 0 Å². The molecule has 0 radical (unpaired) electrons. The summed E-state index contributed by atoms with van der Waals surface area (Å²) in [4.78, 5) is 0. The molecular formula is C16H20FNO. The molecule has 2 aromatic rings. The Balaban J connectivity index is 2.51. The van der Waals surface area contributed by atoms with Crippen LogP contribution in [0, 0.1) is 26.6 Å². The third-order valence-corrected chi connectivity index (χ3v) is 3.30. The molecule has 2 rings (SSSR count). The Kier molecular flexibility index (Phi) is 4.05. The molecule has 102 valence electrons. The van der Waals surface area contributed by atoms with E-state index >= 15 is 0 Å². The van der Waals surface area contributed by atoms with Gasteiger partial charge in [0.15, 0.2) is 0 Å². The Labute approximate surface area is 113 Å². The molecule has 0 spiro atoms. The molecule has 0 amide bonds. The van der Waals surface area contributed by atoms with Gasteiger partial charge >= 0.3 is 0 Å². The molecule has 2 nitrogen and oxygen atoms in total. The van der Waals surface area contributed by atoms with E-state index in [1.807, 2.05) is 32.9 Å². The maximum atomic E-state index is 13.4. The van der Waals surface area contributed by atoms with Crippen molar-refractivity contribution in [3.05, 3.63) is 58.3 Å². The molecule has 0 aliphatic rings. The van der Waals surface area contributed by atoms with Crippen molar-refractivity contribution in [1.29, 1.82) is 0 Å². The first-order valence-corrected chi connectivity index (χ1v) is 6.59. The molecule has 19 heavy (non-hydrogen) atoms. The van der Waals surface area contributed by atoms with E-state index in [4.69, 9.17) is 4.42 Å². The van der Waals surface area contributed by atoms with Gasteiger partial charge in [-0.2, -0.15) is 0 Å². The summed E-state index contributed by atoms with van der Waals surface area (Å²) in [5, 5.41) is 3.41. The quantitative estimate of drug-likeness (QED) is 0.898. The third kappa shape index (κ3) is 2.87. The minimum absolute atomic E-state index is 0.0284. The number of benzene rings is 1. The first kappa shape index (κ1) is 13.8. The van der Waals surface area contributed by atoms with E-state index in [2.05, 4.69) is 12.2 Å². The lowest BCUT2D eigenvalue weighted by atomic mass is 9.94. The lowest BCUT2D eigenvalue weighted by molar-refractivity contribution is 0.433. The third-order valence-electron chi connectivity index (χ3n) is 3.30. The first-order chi connectivity index (χ1) is 9.02. The van der Waals surface area contributed by atoms with E-state index in [-0.39, 0.29) is 11.9 Å². The fraction of sp³-hybridized carbons (Fsp3) is 0.375. The van der Waals surface area contributed by atoms with Gasteiger partial charge in [-0.05, 0) is 68.3 Å². The van der Waals surface area contributed by atoms with Gasteiger partial charge in [-0.25, -0.2) is 4.39 Å². The largest absolute Gasteiger partial charge is 0.464 e. The number of rotatable bonds is 4. The predicted octanol–water partition coefficient (Wildman–Crippen LogP) is 4.04. The second kappa shape index (κ2) is 5.57. The van der Waals surface area contributed by atoms with Gasteiger partial charge in [-0.1, -0.05) is 6.92 Å². The zero-order valence-electron chi connectivity index (χ0n) is 11.9. The summed E-state index contributed by atoms with van der Waals surface area (Å²) in [5.41, 5.74) is 2.98. The van der Waals surface area contributed by atoms with Crippen molar-refractivity contribution < 1.29 is 8.81 Å². The van der Waals surface area contributed by atoms with Crippen molar-refractivity contribution >= 4 is 0 Å². The summed E-state index contributed by atoms with van der Waals surface area (Å²) in [6.07, 6.45) is 0. The number of aryl methyl sites for hydroxylation is 3. The van der Waals surface area contributed by atoms with Crippen LogP contribution in [-0.4, -0.2) is 6.54 Å². The van der Waals surface area contributed by atoms with Crippen LogP contribution < -0.4 is 5.32 Å². The molecule has 0 saturated heterocycles. The number of hydrogen-bond acceptors (Lipinski definition) is 2. The highest BCUT2D eigenvalue weighted by Gasteiger charge is 2.20. The number of halogens is 1. The van der Waals surface area contributed by atoms with Crippen molar-refractivity contribution in [3.8, 4) is 0 Å². The first-order valence-electron chi connectivity index (χ1n) is 6.59. The van der Waals surface area contributed by atoms with Crippen molar-refractivity contribution in [1.82, 2.24) is 5.32 Å². The van der Waals surface area contributed by atoms with Gasteiger partial charge < -0.3 is 9.73 Å². The highest BCUT2D eigenvalue weighted by molar-refractivity contribution is 5.40. The molecule has 0 bridgehead atoms. The number of furan rings is 1. The van der Waals surface area contributed by atoms with Crippen molar-refractivity contribution in [2.24, 2.45) is 0 Å². The number of nitrogens with one attached hydrogen (secondary N) is 1. The minimum atomic E-state index is -0.190. The summed E-state index contributed by atoms with van der Waals surface area (Å²) in [6, 6.07) is 7.04. The molecule has 1 atom stereocenters. The molecule has 0 aliphatic heterocycles. The average molecular weight is 261 g/mol. The van der Waals surface area contributed by atoms with Gasteiger partial charge in [-0.3, -0.25) is 0 Å². The maximum Gasteiger partial charge on any atom is 0.125 e. The molecule has 1 aromatic heterocycles. The van der Waals surface area contributed by atoms with Gasteiger partial charge in [0.25, 0.3) is 0 Å². The smallest absolute Gasteiger partial charge is 0.125 e. The predicted molar refractivity (Wildman–Crippen MR) is 74.8 cm³/mol. The van der Waals surface area contributed by atoms with Gasteiger partial charge in [-0.15, -0.1) is 0 Å². The van der Waals surface area contributed by atoms with Crippen LogP contribution in [0.4, 0.5) is 4.39 Å². The molecular weight excluding hydrogens is 241 g/mol. The normalized spacial score (nSPS) is 12.7. The van der Waals surface area contributed by atoms with Gasteiger partial charge in [0, 0.05) is 0 Å². The summed E-state index contributed by atoms with van der Waals surface area (Å²) in [5.74, 6) is 1.57. The van der Waals surface area contributed by atoms with Crippen LogP contribution >= 0.6 is 0 Å². The van der Waals surface area contributed by atoms with E-state index < -0.39 is 0 Å². The second-order valence-electron chi connectivity index (χ2n) is 4.89.